The third-order valence-corrected chi connectivity index (χ3v) is 3.13. The minimum Gasteiger partial charge on any atom is -0.495 e. The molecule has 0 aromatic heterocycles. The Balaban J connectivity index is 3.21. The molecule has 6 heteroatoms. The second-order valence-corrected chi connectivity index (χ2v) is 5.99. The van der Waals surface area contributed by atoms with Crippen LogP contribution in [0, 0.1) is 0 Å². The minimum absolute atomic E-state index is 0.487. The van der Waals surface area contributed by atoms with E-state index in [1.54, 1.807) is 37.5 Å². The monoisotopic (exact) mass is 296 g/mol. The fourth-order valence-corrected chi connectivity index (χ4v) is 2.35. The number of nitrogens with zero attached hydrogens (tertiary/aromatic N) is 1. The van der Waals surface area contributed by atoms with Crippen LogP contribution in [0.3, 0.4) is 0 Å². The van der Waals surface area contributed by atoms with Crippen molar-refractivity contribution < 1.29 is 13.2 Å². The molecular weight excluding hydrogens is 276 g/mol. The third-order valence-electron chi connectivity index (χ3n) is 2.52. The van der Waals surface area contributed by atoms with Crippen molar-refractivity contribution in [3.05, 3.63) is 43.5 Å². The lowest BCUT2D eigenvalue weighted by molar-refractivity contribution is 0.415. The SMILES string of the molecule is C=CCN(CC=C)c1cc(NS(C)(=O)=O)ccc1OC. The van der Waals surface area contributed by atoms with Gasteiger partial charge in [-0.05, 0) is 18.2 Å². The highest BCUT2D eigenvalue weighted by Gasteiger charge is 2.12. The van der Waals surface area contributed by atoms with Gasteiger partial charge >= 0.3 is 0 Å². The number of nitrogens with one attached hydrogen (secondary N) is 1. The first-order chi connectivity index (χ1) is 9.41. The Morgan fingerprint density at radius 3 is 2.35 bits per heavy atom. The third kappa shape index (κ3) is 4.62. The fourth-order valence-electron chi connectivity index (χ4n) is 1.80. The van der Waals surface area contributed by atoms with Crippen LogP contribution in [-0.4, -0.2) is 34.9 Å². The van der Waals surface area contributed by atoms with Crippen LogP contribution >= 0.6 is 0 Å². The molecule has 0 heterocycles. The number of hydrogen-bond donors (Lipinski definition) is 1. The highest BCUT2D eigenvalue weighted by molar-refractivity contribution is 7.92. The van der Waals surface area contributed by atoms with Crippen LogP contribution < -0.4 is 14.4 Å². The number of rotatable bonds is 8. The Hall–Kier alpha value is -1.95. The average Bonchev–Trinajstić information content (AvgIpc) is 2.36. The van der Waals surface area contributed by atoms with Crippen molar-refractivity contribution in [2.45, 2.75) is 0 Å². The lowest BCUT2D eigenvalue weighted by Crippen LogP contribution is -2.24. The quantitative estimate of drug-likeness (QED) is 0.748. The predicted molar refractivity (Wildman–Crippen MR) is 84.1 cm³/mol. The van der Waals surface area contributed by atoms with E-state index >= 15 is 0 Å². The molecule has 5 nitrogen and oxygen atoms in total. The number of anilines is 2. The molecule has 1 N–H and O–H groups in total. The molecule has 0 spiro atoms. The maximum Gasteiger partial charge on any atom is 0.229 e. The molecule has 0 saturated carbocycles. The van der Waals surface area contributed by atoms with Gasteiger partial charge in [0.2, 0.25) is 10.0 Å². The van der Waals surface area contributed by atoms with E-state index in [2.05, 4.69) is 17.9 Å². The van der Waals surface area contributed by atoms with Crippen LogP contribution in [0.5, 0.6) is 5.75 Å². The first kappa shape index (κ1) is 16.1. The number of hydrogen-bond acceptors (Lipinski definition) is 4. The summed E-state index contributed by atoms with van der Waals surface area (Å²) in [7, 11) is -1.74. The van der Waals surface area contributed by atoms with Crippen molar-refractivity contribution in [2.75, 3.05) is 36.1 Å². The van der Waals surface area contributed by atoms with E-state index in [1.807, 2.05) is 4.90 Å². The number of ether oxygens (including phenoxy) is 1. The molecule has 0 aliphatic heterocycles. The maximum absolute atomic E-state index is 11.3. The Bertz CT molecular complexity index is 572. The molecule has 0 radical (unpaired) electrons. The van der Waals surface area contributed by atoms with Gasteiger partial charge in [-0.3, -0.25) is 4.72 Å². The van der Waals surface area contributed by atoms with Crippen LogP contribution in [0.4, 0.5) is 11.4 Å². The molecule has 0 bridgehead atoms. The molecule has 0 fully saturated rings. The van der Waals surface area contributed by atoms with Gasteiger partial charge in [-0.1, -0.05) is 12.2 Å². The van der Waals surface area contributed by atoms with Crippen molar-refractivity contribution >= 4 is 21.4 Å². The van der Waals surface area contributed by atoms with E-state index in [9.17, 15) is 8.42 Å². The zero-order valence-corrected chi connectivity index (χ0v) is 12.6. The number of benzene rings is 1. The summed E-state index contributed by atoms with van der Waals surface area (Å²) >= 11 is 0. The molecule has 110 valence electrons. The van der Waals surface area contributed by atoms with Gasteiger partial charge in [0.1, 0.15) is 5.75 Å². The van der Waals surface area contributed by atoms with E-state index in [0.717, 1.165) is 11.9 Å². The summed E-state index contributed by atoms with van der Waals surface area (Å²) in [5.74, 6) is 0.660. The van der Waals surface area contributed by atoms with E-state index in [0.29, 0.717) is 24.5 Å². The molecule has 0 atom stereocenters. The fraction of sp³-hybridized carbons (Fsp3) is 0.286. The Morgan fingerprint density at radius 1 is 1.30 bits per heavy atom. The topological polar surface area (TPSA) is 58.6 Å². The summed E-state index contributed by atoms with van der Waals surface area (Å²) in [6.45, 7) is 8.64. The molecule has 20 heavy (non-hydrogen) atoms. The van der Waals surface area contributed by atoms with Gasteiger partial charge in [0.25, 0.3) is 0 Å². The van der Waals surface area contributed by atoms with Crippen LogP contribution in [0.1, 0.15) is 0 Å². The molecule has 1 aromatic rings. The van der Waals surface area contributed by atoms with E-state index in [4.69, 9.17) is 4.74 Å². The largest absolute Gasteiger partial charge is 0.495 e. The Labute approximate surface area is 120 Å². The molecule has 0 amide bonds. The van der Waals surface area contributed by atoms with E-state index < -0.39 is 10.0 Å². The molecule has 0 aliphatic carbocycles. The molecule has 1 aromatic carbocycles. The molecule has 0 saturated heterocycles. The second-order valence-electron chi connectivity index (χ2n) is 4.24. The number of methoxy groups -OCH3 is 1. The normalized spacial score (nSPS) is 10.7. The summed E-state index contributed by atoms with van der Waals surface area (Å²) in [5, 5.41) is 0. The van der Waals surface area contributed by atoms with Gasteiger partial charge in [0.05, 0.1) is 24.7 Å². The van der Waals surface area contributed by atoms with Crippen LogP contribution in [0.25, 0.3) is 0 Å². The van der Waals surface area contributed by atoms with Gasteiger partial charge in [-0.15, -0.1) is 13.2 Å². The summed E-state index contributed by atoms with van der Waals surface area (Å²) < 4.78 is 30.4. The minimum atomic E-state index is -3.31. The zero-order chi connectivity index (χ0) is 15.2. The Kier molecular flexibility index (Phi) is 5.64. The number of sulfonamides is 1. The summed E-state index contributed by atoms with van der Waals surface area (Å²) in [6, 6.07) is 5.11. The smallest absolute Gasteiger partial charge is 0.229 e. The predicted octanol–water partition coefficient (Wildman–Crippen LogP) is 2.25. The van der Waals surface area contributed by atoms with Crippen molar-refractivity contribution in [3.8, 4) is 5.75 Å². The first-order valence-electron chi connectivity index (χ1n) is 6.04. The van der Waals surface area contributed by atoms with E-state index in [-0.39, 0.29) is 0 Å². The summed E-state index contributed by atoms with van der Waals surface area (Å²) in [4.78, 5) is 1.98. The summed E-state index contributed by atoms with van der Waals surface area (Å²) in [6.07, 6.45) is 4.64. The van der Waals surface area contributed by atoms with Crippen molar-refractivity contribution in [1.82, 2.24) is 0 Å². The molecule has 0 aliphatic rings. The second kappa shape index (κ2) is 7.00. The van der Waals surface area contributed by atoms with Crippen molar-refractivity contribution in [2.24, 2.45) is 0 Å². The summed E-state index contributed by atoms with van der Waals surface area (Å²) in [5.41, 5.74) is 1.27. The van der Waals surface area contributed by atoms with Gasteiger partial charge in [0.15, 0.2) is 0 Å². The first-order valence-corrected chi connectivity index (χ1v) is 7.93. The van der Waals surface area contributed by atoms with Crippen LogP contribution in [0.2, 0.25) is 0 Å². The Morgan fingerprint density at radius 2 is 1.90 bits per heavy atom. The highest BCUT2D eigenvalue weighted by atomic mass is 32.2. The van der Waals surface area contributed by atoms with E-state index in [1.165, 1.54) is 0 Å². The highest BCUT2D eigenvalue weighted by Crippen LogP contribution is 2.31. The average molecular weight is 296 g/mol. The lowest BCUT2D eigenvalue weighted by atomic mass is 10.2. The van der Waals surface area contributed by atoms with Crippen molar-refractivity contribution in [3.63, 3.8) is 0 Å². The van der Waals surface area contributed by atoms with Crippen LogP contribution in [-0.2, 0) is 10.0 Å². The van der Waals surface area contributed by atoms with Gasteiger partial charge in [-0.25, -0.2) is 8.42 Å². The van der Waals surface area contributed by atoms with Crippen molar-refractivity contribution in [1.29, 1.82) is 0 Å². The van der Waals surface area contributed by atoms with Gasteiger partial charge < -0.3 is 9.64 Å². The molecule has 1 rings (SSSR count). The standard InChI is InChI=1S/C14H20N2O3S/c1-5-9-16(10-6-2)13-11-12(15-20(4,17)18)7-8-14(13)19-3/h5-8,11,15H,1-2,9-10H2,3-4H3. The van der Waals surface area contributed by atoms with Gasteiger partial charge in [0, 0.05) is 13.1 Å². The maximum atomic E-state index is 11.3. The zero-order valence-electron chi connectivity index (χ0n) is 11.8. The molecule has 0 unspecified atom stereocenters. The lowest BCUT2D eigenvalue weighted by Gasteiger charge is -2.24. The molecular formula is C14H20N2O3S. The van der Waals surface area contributed by atoms with Crippen LogP contribution in [0.15, 0.2) is 43.5 Å². The van der Waals surface area contributed by atoms with Gasteiger partial charge in [-0.2, -0.15) is 0 Å².